The summed E-state index contributed by atoms with van der Waals surface area (Å²) in [4.78, 5) is 13.5. The average Bonchev–Trinajstić information content (AvgIpc) is 2.64. The van der Waals surface area contributed by atoms with E-state index in [1.165, 1.54) is 4.90 Å². The Kier molecular flexibility index (Phi) is 7.95. The third-order valence-corrected chi connectivity index (χ3v) is 4.37. The van der Waals surface area contributed by atoms with Crippen LogP contribution in [0.25, 0.3) is 0 Å². The van der Waals surface area contributed by atoms with Gasteiger partial charge in [0.1, 0.15) is 0 Å². The molecule has 2 rings (SSSR count). The molecule has 0 saturated carbocycles. The van der Waals surface area contributed by atoms with Crippen LogP contribution < -0.4 is 14.8 Å². The maximum Gasteiger partial charge on any atom is 0.262 e. The highest BCUT2D eigenvalue weighted by atomic mass is 35.5. The maximum absolute atomic E-state index is 12.0. The second-order valence-electron chi connectivity index (χ2n) is 6.40. The summed E-state index contributed by atoms with van der Waals surface area (Å²) in [5.41, 5.74) is 2.12. The summed E-state index contributed by atoms with van der Waals surface area (Å²) < 4.78 is 11.5. The number of hydrogen-bond acceptors (Lipinski definition) is 4. The summed E-state index contributed by atoms with van der Waals surface area (Å²) in [5, 5.41) is 4.13. The van der Waals surface area contributed by atoms with Crippen LogP contribution in [-0.4, -0.2) is 37.6 Å². The molecule has 0 aliphatic carbocycles. The lowest BCUT2D eigenvalue weighted by atomic mass is 10.1. The van der Waals surface area contributed by atoms with Crippen LogP contribution in [-0.2, 0) is 17.9 Å². The summed E-state index contributed by atoms with van der Waals surface area (Å²) in [7, 11) is 3.42. The number of nitrogens with zero attached hydrogens (tertiary/aromatic N) is 1. The molecule has 0 spiro atoms. The summed E-state index contributed by atoms with van der Waals surface area (Å²) >= 11 is 6.18. The summed E-state index contributed by atoms with van der Waals surface area (Å²) in [5.74, 6) is 1.10. The van der Waals surface area contributed by atoms with Crippen LogP contribution in [0.5, 0.6) is 11.5 Å². The number of hydrogen-bond donors (Lipinski definition) is 1. The van der Waals surface area contributed by atoms with E-state index in [0.29, 0.717) is 31.2 Å². The van der Waals surface area contributed by atoms with Crippen LogP contribution in [0, 0.1) is 0 Å². The molecule has 0 aliphatic rings. The molecule has 0 heterocycles. The molecule has 27 heavy (non-hydrogen) atoms. The first-order chi connectivity index (χ1) is 12.9. The minimum Gasteiger partial charge on any atom is -0.490 e. The number of halogens is 1. The predicted molar refractivity (Wildman–Crippen MR) is 108 cm³/mol. The zero-order valence-corrected chi connectivity index (χ0v) is 17.0. The molecule has 1 atom stereocenters. The van der Waals surface area contributed by atoms with Crippen molar-refractivity contribution in [3.05, 3.63) is 58.6 Å². The van der Waals surface area contributed by atoms with Crippen molar-refractivity contribution in [3.8, 4) is 11.5 Å². The molecule has 0 fully saturated rings. The number of carbonyl (C=O) groups is 1. The standard InChI is InChI=1S/C21H27ClN2O3/c1-5-26-20-12-16(13-23-14-17-8-6-7-9-18(17)22)10-11-19(20)27-15(2)21(25)24(3)4/h6-12,15,23H,5,13-14H2,1-4H3. The molecule has 0 bridgehead atoms. The number of benzene rings is 2. The van der Waals surface area contributed by atoms with E-state index in [2.05, 4.69) is 5.32 Å². The van der Waals surface area contributed by atoms with Gasteiger partial charge in [0.25, 0.3) is 5.91 Å². The van der Waals surface area contributed by atoms with E-state index < -0.39 is 6.10 Å². The molecule has 1 amide bonds. The SMILES string of the molecule is CCOc1cc(CNCc2ccccc2Cl)ccc1OC(C)C(=O)N(C)C. The van der Waals surface area contributed by atoms with Gasteiger partial charge in [-0.25, -0.2) is 0 Å². The summed E-state index contributed by atoms with van der Waals surface area (Å²) in [6.07, 6.45) is -0.580. The third kappa shape index (κ3) is 6.15. The van der Waals surface area contributed by atoms with Gasteiger partial charge in [-0.1, -0.05) is 35.9 Å². The zero-order chi connectivity index (χ0) is 19.8. The first kappa shape index (κ1) is 21.1. The fraction of sp³-hybridized carbons (Fsp3) is 0.381. The smallest absolute Gasteiger partial charge is 0.262 e. The van der Waals surface area contributed by atoms with E-state index in [0.717, 1.165) is 16.1 Å². The Morgan fingerprint density at radius 1 is 1.15 bits per heavy atom. The number of nitrogens with one attached hydrogen (secondary N) is 1. The molecule has 146 valence electrons. The number of rotatable bonds is 9. The monoisotopic (exact) mass is 390 g/mol. The highest BCUT2D eigenvalue weighted by molar-refractivity contribution is 6.31. The van der Waals surface area contributed by atoms with E-state index in [1.807, 2.05) is 49.4 Å². The van der Waals surface area contributed by atoms with E-state index in [4.69, 9.17) is 21.1 Å². The van der Waals surface area contributed by atoms with Gasteiger partial charge in [-0.2, -0.15) is 0 Å². The summed E-state index contributed by atoms with van der Waals surface area (Å²) in [6.45, 7) is 5.51. The molecule has 2 aromatic rings. The van der Waals surface area contributed by atoms with Gasteiger partial charge >= 0.3 is 0 Å². The molecule has 1 unspecified atom stereocenters. The molecule has 0 aromatic heterocycles. The molecule has 0 radical (unpaired) electrons. The van der Waals surface area contributed by atoms with Crippen LogP contribution >= 0.6 is 11.6 Å². The van der Waals surface area contributed by atoms with Gasteiger partial charge in [-0.3, -0.25) is 4.79 Å². The Labute approximate surface area is 166 Å². The minimum absolute atomic E-state index is 0.0945. The number of likely N-dealkylation sites (N-methyl/N-ethyl adjacent to an activating group) is 1. The predicted octanol–water partition coefficient (Wildman–Crippen LogP) is 3.88. The Hall–Kier alpha value is -2.24. The highest BCUT2D eigenvalue weighted by Crippen LogP contribution is 2.29. The Bertz CT molecular complexity index is 765. The van der Waals surface area contributed by atoms with Crippen molar-refractivity contribution in [1.82, 2.24) is 10.2 Å². The van der Waals surface area contributed by atoms with E-state index in [-0.39, 0.29) is 5.91 Å². The quantitative estimate of drug-likeness (QED) is 0.705. The topological polar surface area (TPSA) is 50.8 Å². The van der Waals surface area contributed by atoms with Crippen LogP contribution in [0.1, 0.15) is 25.0 Å². The molecular weight excluding hydrogens is 364 g/mol. The van der Waals surface area contributed by atoms with Crippen molar-refractivity contribution >= 4 is 17.5 Å². The molecule has 1 N–H and O–H groups in total. The minimum atomic E-state index is -0.580. The molecule has 0 saturated heterocycles. The fourth-order valence-corrected chi connectivity index (χ4v) is 2.82. The Balaban J connectivity index is 2.03. The lowest BCUT2D eigenvalue weighted by Gasteiger charge is -2.20. The third-order valence-electron chi connectivity index (χ3n) is 4.00. The van der Waals surface area contributed by atoms with Gasteiger partial charge < -0.3 is 19.7 Å². The van der Waals surface area contributed by atoms with E-state index in [9.17, 15) is 4.79 Å². The lowest BCUT2D eigenvalue weighted by molar-refractivity contribution is -0.135. The largest absolute Gasteiger partial charge is 0.490 e. The summed E-state index contributed by atoms with van der Waals surface area (Å²) in [6, 6.07) is 13.5. The van der Waals surface area contributed by atoms with Crippen LogP contribution in [0.2, 0.25) is 5.02 Å². The average molecular weight is 391 g/mol. The van der Waals surface area contributed by atoms with Crippen LogP contribution in [0.15, 0.2) is 42.5 Å². The maximum atomic E-state index is 12.0. The molecule has 6 heteroatoms. The van der Waals surface area contributed by atoms with Gasteiger partial charge in [0.15, 0.2) is 17.6 Å². The van der Waals surface area contributed by atoms with E-state index >= 15 is 0 Å². The first-order valence-corrected chi connectivity index (χ1v) is 9.37. The first-order valence-electron chi connectivity index (χ1n) is 9.00. The number of amides is 1. The number of ether oxygens (including phenoxy) is 2. The van der Waals surface area contributed by atoms with Crippen molar-refractivity contribution in [2.45, 2.75) is 33.0 Å². The second kappa shape index (κ2) is 10.2. The van der Waals surface area contributed by atoms with Gasteiger partial charge in [0.05, 0.1) is 6.61 Å². The zero-order valence-electron chi connectivity index (χ0n) is 16.3. The second-order valence-corrected chi connectivity index (χ2v) is 6.81. The molecular formula is C21H27ClN2O3. The Morgan fingerprint density at radius 2 is 1.89 bits per heavy atom. The fourth-order valence-electron chi connectivity index (χ4n) is 2.62. The van der Waals surface area contributed by atoms with Gasteiger partial charge in [-0.15, -0.1) is 0 Å². The van der Waals surface area contributed by atoms with Gasteiger partial charge in [-0.05, 0) is 43.2 Å². The van der Waals surface area contributed by atoms with Crippen molar-refractivity contribution in [2.24, 2.45) is 0 Å². The highest BCUT2D eigenvalue weighted by Gasteiger charge is 2.18. The van der Waals surface area contributed by atoms with Crippen molar-refractivity contribution in [2.75, 3.05) is 20.7 Å². The van der Waals surface area contributed by atoms with Gasteiger partial charge in [0, 0.05) is 32.2 Å². The van der Waals surface area contributed by atoms with Gasteiger partial charge in [0.2, 0.25) is 0 Å². The van der Waals surface area contributed by atoms with Crippen molar-refractivity contribution < 1.29 is 14.3 Å². The van der Waals surface area contributed by atoms with Crippen LogP contribution in [0.4, 0.5) is 0 Å². The van der Waals surface area contributed by atoms with Crippen LogP contribution in [0.3, 0.4) is 0 Å². The van der Waals surface area contributed by atoms with Crippen molar-refractivity contribution in [3.63, 3.8) is 0 Å². The molecule has 2 aromatic carbocycles. The Morgan fingerprint density at radius 3 is 2.56 bits per heavy atom. The normalized spacial score (nSPS) is 11.7. The molecule has 5 nitrogen and oxygen atoms in total. The molecule has 0 aliphatic heterocycles. The van der Waals surface area contributed by atoms with Crippen molar-refractivity contribution in [1.29, 1.82) is 0 Å². The lowest BCUT2D eigenvalue weighted by Crippen LogP contribution is -2.35. The van der Waals surface area contributed by atoms with E-state index in [1.54, 1.807) is 21.0 Å². The number of carbonyl (C=O) groups excluding carboxylic acids is 1.